The van der Waals surface area contributed by atoms with Crippen LogP contribution in [-0.2, 0) is 14.0 Å². The van der Waals surface area contributed by atoms with Gasteiger partial charge in [-0.05, 0) is 110 Å². The first kappa shape index (κ1) is 24.6. The highest BCUT2D eigenvalue weighted by Gasteiger charge is 2.52. The van der Waals surface area contributed by atoms with Gasteiger partial charge in [0.25, 0.3) is 0 Å². The molecular formula is C27H42BNO4. The Hall–Kier alpha value is -1.53. The third-order valence-electron chi connectivity index (χ3n) is 8.41. The number of hydrogen-bond acceptors (Lipinski definition) is 4. The second-order valence-electron chi connectivity index (χ2n) is 12.6. The predicted octanol–water partition coefficient (Wildman–Crippen LogP) is 5.58. The fraction of sp³-hybridized carbons (Fsp3) is 0.741. The van der Waals surface area contributed by atoms with Crippen LogP contribution in [-0.4, -0.2) is 48.0 Å². The van der Waals surface area contributed by atoms with E-state index in [1.165, 1.54) is 36.8 Å². The summed E-state index contributed by atoms with van der Waals surface area (Å²) in [5, 5.41) is 0. The van der Waals surface area contributed by atoms with E-state index in [2.05, 4.69) is 52.8 Å². The Morgan fingerprint density at radius 1 is 1.06 bits per heavy atom. The molecule has 1 spiro atoms. The number of aryl methyl sites for hydroxylation is 1. The van der Waals surface area contributed by atoms with Crippen LogP contribution in [0.3, 0.4) is 0 Å². The summed E-state index contributed by atoms with van der Waals surface area (Å²) in [5.74, 6) is 0.581. The van der Waals surface area contributed by atoms with Gasteiger partial charge in [-0.25, -0.2) is 4.79 Å². The van der Waals surface area contributed by atoms with E-state index in [1.54, 1.807) is 0 Å². The number of carbonyl (C=O) groups excluding carboxylic acids is 1. The number of nitrogens with zero attached hydrogens (tertiary/aromatic N) is 1. The van der Waals surface area contributed by atoms with Gasteiger partial charge in [-0.2, -0.15) is 0 Å². The lowest BCUT2D eigenvalue weighted by Gasteiger charge is -2.37. The second kappa shape index (κ2) is 8.30. The van der Waals surface area contributed by atoms with Gasteiger partial charge in [0.2, 0.25) is 0 Å². The summed E-state index contributed by atoms with van der Waals surface area (Å²) in [6.45, 7) is 18.0. The molecule has 0 N–H and O–H groups in total. The predicted molar refractivity (Wildman–Crippen MR) is 133 cm³/mol. The maximum absolute atomic E-state index is 12.5. The molecule has 0 atom stereocenters. The summed E-state index contributed by atoms with van der Waals surface area (Å²) in [6.07, 6.45) is 5.65. The minimum atomic E-state index is -0.436. The van der Waals surface area contributed by atoms with Crippen molar-refractivity contribution < 1.29 is 18.8 Å². The van der Waals surface area contributed by atoms with Gasteiger partial charge in [-0.15, -0.1) is 0 Å². The summed E-state index contributed by atoms with van der Waals surface area (Å²) < 4.78 is 18.2. The molecule has 5 nitrogen and oxygen atoms in total. The Kier molecular flexibility index (Phi) is 6.19. The van der Waals surface area contributed by atoms with Crippen LogP contribution < -0.4 is 5.46 Å². The van der Waals surface area contributed by atoms with Gasteiger partial charge in [0.1, 0.15) is 5.60 Å². The minimum absolute atomic E-state index is 0.157. The van der Waals surface area contributed by atoms with Crippen LogP contribution >= 0.6 is 0 Å². The summed E-state index contributed by atoms with van der Waals surface area (Å²) in [7, 11) is -0.309. The molecule has 2 saturated heterocycles. The number of likely N-dealkylation sites (tertiary alicyclic amines) is 1. The standard InChI is InChI=1S/C27H42BNO4/c1-19-17-21(9-10-22(19)28-32-25(5,6)26(7,8)33-28)20-11-13-27(14-12-20)15-16-29(18-27)23(30)31-24(2,3)4/h9-10,17,20H,11-16,18H2,1-8H3. The fourth-order valence-corrected chi connectivity index (χ4v) is 5.58. The molecule has 0 aromatic heterocycles. The molecule has 33 heavy (non-hydrogen) atoms. The van der Waals surface area contributed by atoms with E-state index in [-0.39, 0.29) is 29.8 Å². The normalized spacial score (nSPS) is 29.0. The highest BCUT2D eigenvalue weighted by atomic mass is 16.7. The van der Waals surface area contributed by atoms with E-state index in [0.29, 0.717) is 5.92 Å². The lowest BCUT2D eigenvalue weighted by molar-refractivity contribution is 0.00578. The molecule has 0 unspecified atom stereocenters. The summed E-state index contributed by atoms with van der Waals surface area (Å²) >= 11 is 0. The van der Waals surface area contributed by atoms with Crippen molar-refractivity contribution >= 4 is 18.7 Å². The third kappa shape index (κ3) is 4.98. The van der Waals surface area contributed by atoms with Gasteiger partial charge in [-0.1, -0.05) is 23.8 Å². The minimum Gasteiger partial charge on any atom is -0.444 e. The zero-order chi connectivity index (χ0) is 24.2. The van der Waals surface area contributed by atoms with Crippen molar-refractivity contribution in [3.63, 3.8) is 0 Å². The van der Waals surface area contributed by atoms with Crippen LogP contribution in [0.4, 0.5) is 4.79 Å². The van der Waals surface area contributed by atoms with E-state index >= 15 is 0 Å². The van der Waals surface area contributed by atoms with E-state index in [0.717, 1.165) is 25.0 Å². The van der Waals surface area contributed by atoms with Gasteiger partial charge < -0.3 is 18.9 Å². The highest BCUT2D eigenvalue weighted by Crippen LogP contribution is 2.48. The first-order chi connectivity index (χ1) is 15.2. The van der Waals surface area contributed by atoms with Crippen LogP contribution in [0.15, 0.2) is 18.2 Å². The molecule has 1 aliphatic carbocycles. The van der Waals surface area contributed by atoms with E-state index in [4.69, 9.17) is 14.0 Å². The number of carbonyl (C=O) groups is 1. The Labute approximate surface area is 200 Å². The average Bonchev–Trinajstić information content (AvgIpc) is 3.19. The fourth-order valence-electron chi connectivity index (χ4n) is 5.58. The molecule has 1 aromatic rings. The van der Waals surface area contributed by atoms with Crippen molar-refractivity contribution in [3.05, 3.63) is 29.3 Å². The van der Waals surface area contributed by atoms with Crippen LogP contribution in [0.2, 0.25) is 0 Å². The molecular weight excluding hydrogens is 413 g/mol. The molecule has 1 amide bonds. The van der Waals surface area contributed by atoms with Gasteiger partial charge in [0, 0.05) is 13.1 Å². The Morgan fingerprint density at radius 2 is 1.67 bits per heavy atom. The van der Waals surface area contributed by atoms with Crippen molar-refractivity contribution in [2.45, 2.75) is 110 Å². The van der Waals surface area contributed by atoms with Crippen LogP contribution in [0, 0.1) is 12.3 Å². The van der Waals surface area contributed by atoms with Gasteiger partial charge >= 0.3 is 13.2 Å². The zero-order valence-corrected chi connectivity index (χ0v) is 21.9. The first-order valence-electron chi connectivity index (χ1n) is 12.6. The molecule has 4 rings (SSSR count). The van der Waals surface area contributed by atoms with E-state index in [9.17, 15) is 4.79 Å². The van der Waals surface area contributed by atoms with Crippen molar-refractivity contribution in [2.24, 2.45) is 5.41 Å². The number of rotatable bonds is 2. The van der Waals surface area contributed by atoms with Crippen molar-refractivity contribution in [1.29, 1.82) is 0 Å². The van der Waals surface area contributed by atoms with Crippen LogP contribution in [0.5, 0.6) is 0 Å². The monoisotopic (exact) mass is 455 g/mol. The molecule has 3 aliphatic rings. The molecule has 3 fully saturated rings. The Bertz CT molecular complexity index is 880. The average molecular weight is 455 g/mol. The van der Waals surface area contributed by atoms with Crippen molar-refractivity contribution in [2.75, 3.05) is 13.1 Å². The lowest BCUT2D eigenvalue weighted by Crippen LogP contribution is -2.41. The maximum atomic E-state index is 12.5. The molecule has 2 aliphatic heterocycles. The molecule has 0 radical (unpaired) electrons. The number of hydrogen-bond donors (Lipinski definition) is 0. The highest BCUT2D eigenvalue weighted by molar-refractivity contribution is 6.62. The largest absolute Gasteiger partial charge is 0.495 e. The molecule has 1 aromatic carbocycles. The number of benzene rings is 1. The maximum Gasteiger partial charge on any atom is 0.495 e. The molecule has 0 bridgehead atoms. The van der Waals surface area contributed by atoms with E-state index < -0.39 is 5.60 Å². The Balaban J connectivity index is 1.37. The van der Waals surface area contributed by atoms with Gasteiger partial charge in [0.15, 0.2) is 0 Å². The number of amides is 1. The van der Waals surface area contributed by atoms with E-state index in [1.807, 2.05) is 25.7 Å². The summed E-state index contributed by atoms with van der Waals surface area (Å²) in [5.41, 5.74) is 2.98. The third-order valence-corrected chi connectivity index (χ3v) is 8.41. The SMILES string of the molecule is Cc1cc(C2CCC3(CC2)CCN(C(=O)OC(C)(C)C)C3)ccc1B1OC(C)(C)C(C)(C)O1. The molecule has 6 heteroatoms. The van der Waals surface area contributed by atoms with Crippen LogP contribution in [0.25, 0.3) is 0 Å². The number of ether oxygens (including phenoxy) is 1. The Morgan fingerprint density at radius 3 is 2.21 bits per heavy atom. The molecule has 1 saturated carbocycles. The zero-order valence-electron chi connectivity index (χ0n) is 21.9. The molecule has 2 heterocycles. The smallest absolute Gasteiger partial charge is 0.444 e. The second-order valence-corrected chi connectivity index (χ2v) is 12.6. The summed E-state index contributed by atoms with van der Waals surface area (Å²) in [4.78, 5) is 14.4. The topological polar surface area (TPSA) is 48.0 Å². The van der Waals surface area contributed by atoms with Crippen LogP contribution in [0.1, 0.15) is 97.6 Å². The quantitative estimate of drug-likeness (QED) is 0.547. The van der Waals surface area contributed by atoms with Crippen molar-refractivity contribution in [3.8, 4) is 0 Å². The summed E-state index contributed by atoms with van der Waals surface area (Å²) in [6, 6.07) is 6.82. The van der Waals surface area contributed by atoms with Crippen molar-refractivity contribution in [1.82, 2.24) is 4.90 Å². The first-order valence-corrected chi connectivity index (χ1v) is 12.6. The lowest BCUT2D eigenvalue weighted by atomic mass is 9.67. The molecule has 182 valence electrons. The van der Waals surface area contributed by atoms with Gasteiger partial charge in [0.05, 0.1) is 11.2 Å². The van der Waals surface area contributed by atoms with Gasteiger partial charge in [-0.3, -0.25) is 0 Å².